The largest absolute Gasteiger partial charge is 0.397 e. The maximum Gasteiger partial charge on any atom is 0.0834 e. The summed E-state index contributed by atoms with van der Waals surface area (Å²) in [5.41, 5.74) is 7.73. The molecular weight excluding hydrogens is 206 g/mol. The van der Waals surface area contributed by atoms with Gasteiger partial charge in [-0.25, -0.2) is 0 Å². The number of nitrogen functional groups attached to an aromatic ring is 1. The summed E-state index contributed by atoms with van der Waals surface area (Å²) in [4.78, 5) is 5.62. The topological polar surface area (TPSA) is 50.9 Å². The third kappa shape index (κ3) is 1.82. The first-order valence-electron chi connectivity index (χ1n) is 5.07. The molecule has 0 aliphatic carbocycles. The first kappa shape index (κ1) is 10.4. The van der Waals surface area contributed by atoms with Gasteiger partial charge in [0.05, 0.1) is 15.9 Å². The number of pyridine rings is 1. The van der Waals surface area contributed by atoms with Gasteiger partial charge in [0.25, 0.3) is 0 Å². The van der Waals surface area contributed by atoms with Crippen molar-refractivity contribution in [2.45, 2.75) is 19.4 Å². The van der Waals surface area contributed by atoms with E-state index in [1.54, 1.807) is 17.5 Å². The zero-order chi connectivity index (χ0) is 10.8. The van der Waals surface area contributed by atoms with Crippen LogP contribution in [0.2, 0.25) is 0 Å². The molecule has 2 heterocycles. The highest BCUT2D eigenvalue weighted by atomic mass is 32.1. The van der Waals surface area contributed by atoms with Gasteiger partial charge in [0.15, 0.2) is 0 Å². The highest BCUT2D eigenvalue weighted by molar-refractivity contribution is 7.19. The average Bonchev–Trinajstić information content (AvgIpc) is 2.65. The van der Waals surface area contributed by atoms with E-state index in [0.29, 0.717) is 6.04 Å². The molecule has 0 aromatic carbocycles. The lowest BCUT2D eigenvalue weighted by molar-refractivity contribution is 0.587. The van der Waals surface area contributed by atoms with Crippen molar-refractivity contribution in [1.82, 2.24) is 10.3 Å². The quantitative estimate of drug-likeness (QED) is 0.837. The van der Waals surface area contributed by atoms with Crippen molar-refractivity contribution in [3.8, 4) is 0 Å². The lowest BCUT2D eigenvalue weighted by Gasteiger charge is -2.10. The van der Waals surface area contributed by atoms with E-state index >= 15 is 0 Å². The maximum absolute atomic E-state index is 5.90. The molecule has 0 aliphatic rings. The summed E-state index contributed by atoms with van der Waals surface area (Å²) in [6.45, 7) is 2.17. The van der Waals surface area contributed by atoms with Crippen molar-refractivity contribution in [2.24, 2.45) is 0 Å². The van der Waals surface area contributed by atoms with Crippen molar-refractivity contribution in [3.63, 3.8) is 0 Å². The summed E-state index contributed by atoms with van der Waals surface area (Å²) in [6.07, 6.45) is 2.83. The summed E-state index contributed by atoms with van der Waals surface area (Å²) in [6, 6.07) is 4.38. The summed E-state index contributed by atoms with van der Waals surface area (Å²) >= 11 is 1.73. The van der Waals surface area contributed by atoms with E-state index in [0.717, 1.165) is 22.3 Å². The summed E-state index contributed by atoms with van der Waals surface area (Å²) in [5.74, 6) is 0. The van der Waals surface area contributed by atoms with Gasteiger partial charge in [-0.05, 0) is 25.6 Å². The molecule has 1 atom stereocenters. The zero-order valence-corrected chi connectivity index (χ0v) is 9.77. The molecule has 0 fully saturated rings. The van der Waals surface area contributed by atoms with E-state index in [1.165, 1.54) is 4.88 Å². The van der Waals surface area contributed by atoms with E-state index in [1.807, 2.05) is 13.1 Å². The number of rotatable bonds is 3. The van der Waals surface area contributed by atoms with Crippen LogP contribution < -0.4 is 11.1 Å². The number of anilines is 1. The number of aromatic nitrogens is 1. The fraction of sp³-hybridized carbons (Fsp3) is 0.364. The van der Waals surface area contributed by atoms with Crippen molar-refractivity contribution in [1.29, 1.82) is 0 Å². The molecule has 0 bridgehead atoms. The van der Waals surface area contributed by atoms with Gasteiger partial charge in [0.2, 0.25) is 0 Å². The Labute approximate surface area is 93.3 Å². The highest BCUT2D eigenvalue weighted by Gasteiger charge is 2.12. The van der Waals surface area contributed by atoms with Crippen LogP contribution in [0.3, 0.4) is 0 Å². The Morgan fingerprint density at radius 2 is 2.40 bits per heavy atom. The third-order valence-corrected chi connectivity index (χ3v) is 3.85. The minimum Gasteiger partial charge on any atom is -0.397 e. The molecule has 3 N–H and O–H groups in total. The van der Waals surface area contributed by atoms with Crippen LogP contribution in [0.5, 0.6) is 0 Å². The Morgan fingerprint density at radius 3 is 3.00 bits per heavy atom. The Morgan fingerprint density at radius 1 is 1.60 bits per heavy atom. The lowest BCUT2D eigenvalue weighted by atomic mass is 10.2. The highest BCUT2D eigenvalue weighted by Crippen LogP contribution is 2.33. The standard InChI is InChI=1S/C11H15N3S/c1-3-8(13-2)10-6-9-11(15-10)7(12)4-5-14-9/h4-6,8,13H,3H2,1-2H3,(H2,12,14)/t8-/m0/s1. The predicted octanol–water partition coefficient (Wildman–Crippen LogP) is 2.55. The van der Waals surface area contributed by atoms with Gasteiger partial charge in [0, 0.05) is 17.1 Å². The number of thiophene rings is 1. The molecule has 0 unspecified atom stereocenters. The number of nitrogens with zero attached hydrogens (tertiary/aromatic N) is 1. The van der Waals surface area contributed by atoms with Crippen molar-refractivity contribution in [3.05, 3.63) is 23.2 Å². The number of nitrogens with one attached hydrogen (secondary N) is 1. The van der Waals surface area contributed by atoms with Crippen molar-refractivity contribution >= 4 is 27.2 Å². The van der Waals surface area contributed by atoms with Crippen LogP contribution in [0.1, 0.15) is 24.3 Å². The van der Waals surface area contributed by atoms with E-state index < -0.39 is 0 Å². The molecule has 2 aromatic heterocycles. The summed E-state index contributed by atoms with van der Waals surface area (Å²) in [5, 5.41) is 3.29. The monoisotopic (exact) mass is 221 g/mol. The van der Waals surface area contributed by atoms with E-state index in [9.17, 15) is 0 Å². The van der Waals surface area contributed by atoms with E-state index in [-0.39, 0.29) is 0 Å². The van der Waals surface area contributed by atoms with Crippen LogP contribution in [0.15, 0.2) is 18.3 Å². The van der Waals surface area contributed by atoms with Gasteiger partial charge < -0.3 is 11.1 Å². The van der Waals surface area contributed by atoms with Gasteiger partial charge in [-0.2, -0.15) is 0 Å². The van der Waals surface area contributed by atoms with Gasteiger partial charge in [-0.3, -0.25) is 4.98 Å². The molecular formula is C11H15N3S. The molecule has 0 aliphatic heterocycles. The summed E-state index contributed by atoms with van der Waals surface area (Å²) in [7, 11) is 1.98. The normalized spacial score (nSPS) is 13.2. The molecule has 2 rings (SSSR count). The minimum absolute atomic E-state index is 0.406. The van der Waals surface area contributed by atoms with Crippen LogP contribution >= 0.6 is 11.3 Å². The maximum atomic E-state index is 5.90. The fourth-order valence-corrected chi connectivity index (χ4v) is 2.93. The Balaban J connectivity index is 2.51. The number of fused-ring (bicyclic) bond motifs is 1. The lowest BCUT2D eigenvalue weighted by Crippen LogP contribution is -2.13. The fourth-order valence-electron chi connectivity index (χ4n) is 1.70. The van der Waals surface area contributed by atoms with Crippen LogP contribution in [-0.2, 0) is 0 Å². The van der Waals surface area contributed by atoms with Crippen molar-refractivity contribution in [2.75, 3.05) is 12.8 Å². The van der Waals surface area contributed by atoms with Crippen molar-refractivity contribution < 1.29 is 0 Å². The summed E-state index contributed by atoms with van der Waals surface area (Å²) < 4.78 is 1.10. The van der Waals surface area contributed by atoms with Crippen LogP contribution in [0.4, 0.5) is 5.69 Å². The number of hydrogen-bond donors (Lipinski definition) is 2. The second-order valence-electron chi connectivity index (χ2n) is 3.51. The van der Waals surface area contributed by atoms with Gasteiger partial charge in [-0.1, -0.05) is 6.92 Å². The van der Waals surface area contributed by atoms with Crippen LogP contribution in [0.25, 0.3) is 10.2 Å². The molecule has 0 spiro atoms. The molecule has 0 amide bonds. The Bertz CT molecular complexity index is 460. The van der Waals surface area contributed by atoms with Crippen LogP contribution in [0, 0.1) is 0 Å². The molecule has 80 valence electrons. The SMILES string of the molecule is CC[C@H](NC)c1cc2nccc(N)c2s1. The van der Waals surface area contributed by atoms with E-state index in [4.69, 9.17) is 5.73 Å². The molecule has 4 heteroatoms. The molecule has 0 saturated carbocycles. The Kier molecular flexibility index (Phi) is 2.88. The smallest absolute Gasteiger partial charge is 0.0834 e. The number of hydrogen-bond acceptors (Lipinski definition) is 4. The average molecular weight is 221 g/mol. The Hall–Kier alpha value is -1.13. The van der Waals surface area contributed by atoms with Gasteiger partial charge in [-0.15, -0.1) is 11.3 Å². The van der Waals surface area contributed by atoms with Crippen LogP contribution in [-0.4, -0.2) is 12.0 Å². The predicted molar refractivity (Wildman–Crippen MR) is 66.1 cm³/mol. The number of nitrogens with two attached hydrogens (primary N) is 1. The second kappa shape index (κ2) is 4.16. The first-order chi connectivity index (χ1) is 7.26. The molecule has 15 heavy (non-hydrogen) atoms. The molecule has 3 nitrogen and oxygen atoms in total. The molecule has 0 saturated heterocycles. The first-order valence-corrected chi connectivity index (χ1v) is 5.89. The third-order valence-electron chi connectivity index (χ3n) is 2.56. The van der Waals surface area contributed by atoms with E-state index in [2.05, 4.69) is 23.3 Å². The minimum atomic E-state index is 0.406. The molecule has 2 aromatic rings. The zero-order valence-electron chi connectivity index (χ0n) is 8.95. The van der Waals surface area contributed by atoms with Gasteiger partial charge in [0.1, 0.15) is 0 Å². The van der Waals surface area contributed by atoms with Gasteiger partial charge >= 0.3 is 0 Å². The second-order valence-corrected chi connectivity index (χ2v) is 4.60. The molecule has 0 radical (unpaired) electrons.